The van der Waals surface area contributed by atoms with Crippen molar-refractivity contribution in [1.29, 1.82) is 0 Å². The fourth-order valence-electron chi connectivity index (χ4n) is 2.27. The highest BCUT2D eigenvalue weighted by Gasteiger charge is 2.14. The van der Waals surface area contributed by atoms with Gasteiger partial charge in [0.2, 0.25) is 0 Å². The Labute approximate surface area is 115 Å². The highest BCUT2D eigenvalue weighted by atomic mass is 32.1. The van der Waals surface area contributed by atoms with Gasteiger partial charge >= 0.3 is 5.97 Å². The lowest BCUT2D eigenvalue weighted by atomic mass is 10.1. The van der Waals surface area contributed by atoms with E-state index in [4.69, 9.17) is 4.74 Å². The average Bonchev–Trinajstić information content (AvgIpc) is 3.06. The van der Waals surface area contributed by atoms with Crippen molar-refractivity contribution in [3.05, 3.63) is 46.8 Å². The lowest BCUT2D eigenvalue weighted by Crippen LogP contribution is -1.99. The Morgan fingerprint density at radius 1 is 1.26 bits per heavy atom. The molecule has 3 aromatic rings. The molecule has 0 atom stereocenters. The van der Waals surface area contributed by atoms with E-state index in [2.05, 4.69) is 17.5 Å². The van der Waals surface area contributed by atoms with Gasteiger partial charge in [0, 0.05) is 24.1 Å². The van der Waals surface area contributed by atoms with Gasteiger partial charge in [-0.25, -0.2) is 4.79 Å². The van der Waals surface area contributed by atoms with Gasteiger partial charge in [-0.15, -0.1) is 0 Å². The number of methoxy groups -OCH3 is 1. The molecule has 3 rings (SSSR count). The third-order valence-corrected chi connectivity index (χ3v) is 3.93. The average molecular weight is 271 g/mol. The summed E-state index contributed by atoms with van der Waals surface area (Å²) in [6, 6.07) is 8.23. The number of thiophene rings is 1. The first-order chi connectivity index (χ1) is 9.20. The molecule has 0 bridgehead atoms. The molecule has 1 aromatic carbocycles. The number of esters is 1. The van der Waals surface area contributed by atoms with Crippen LogP contribution >= 0.6 is 11.3 Å². The van der Waals surface area contributed by atoms with E-state index in [1.807, 2.05) is 35.3 Å². The van der Waals surface area contributed by atoms with E-state index in [9.17, 15) is 4.79 Å². The van der Waals surface area contributed by atoms with E-state index >= 15 is 0 Å². The quantitative estimate of drug-likeness (QED) is 0.666. The number of fused-ring (bicyclic) bond motifs is 1. The topological polar surface area (TPSA) is 31.2 Å². The van der Waals surface area contributed by atoms with Crippen LogP contribution in [0.15, 0.2) is 41.2 Å². The number of hydrogen-bond acceptors (Lipinski definition) is 3. The molecule has 3 nitrogen and oxygen atoms in total. The molecule has 0 saturated heterocycles. The Bertz CT molecular complexity index is 741. The molecule has 0 radical (unpaired) electrons. The Kier molecular flexibility index (Phi) is 2.87. The van der Waals surface area contributed by atoms with Gasteiger partial charge < -0.3 is 9.30 Å². The standard InChI is InChI=1S/C15H13NO2S/c1-16-8-13(15(17)18-2)12-7-10(3-4-14(12)16)11-5-6-19-9-11/h3-9H,1-2H3. The minimum atomic E-state index is -0.298. The zero-order valence-electron chi connectivity index (χ0n) is 10.7. The molecule has 0 amide bonds. The second kappa shape index (κ2) is 4.55. The first-order valence-corrected chi connectivity index (χ1v) is 6.85. The predicted octanol–water partition coefficient (Wildman–Crippen LogP) is 3.69. The van der Waals surface area contributed by atoms with Crippen LogP contribution in [0.1, 0.15) is 10.4 Å². The number of benzene rings is 1. The maximum Gasteiger partial charge on any atom is 0.340 e. The van der Waals surface area contributed by atoms with Crippen molar-refractivity contribution in [3.8, 4) is 11.1 Å². The van der Waals surface area contributed by atoms with Crippen LogP contribution in [0, 0.1) is 0 Å². The van der Waals surface area contributed by atoms with Crippen LogP contribution in [-0.2, 0) is 11.8 Å². The van der Waals surface area contributed by atoms with Gasteiger partial charge in [-0.1, -0.05) is 6.07 Å². The third-order valence-electron chi connectivity index (χ3n) is 3.25. The minimum absolute atomic E-state index is 0.298. The van der Waals surface area contributed by atoms with Gasteiger partial charge in [-0.3, -0.25) is 0 Å². The SMILES string of the molecule is COC(=O)c1cn(C)c2ccc(-c3ccsc3)cc12. The van der Waals surface area contributed by atoms with E-state index in [1.54, 1.807) is 11.3 Å². The molecule has 0 saturated carbocycles. The molecule has 4 heteroatoms. The van der Waals surface area contributed by atoms with Gasteiger partial charge in [0.05, 0.1) is 12.7 Å². The van der Waals surface area contributed by atoms with Gasteiger partial charge in [0.1, 0.15) is 0 Å². The molecule has 2 heterocycles. The predicted molar refractivity (Wildman–Crippen MR) is 77.6 cm³/mol. The maximum absolute atomic E-state index is 11.8. The molecule has 0 aliphatic carbocycles. The van der Waals surface area contributed by atoms with Gasteiger partial charge in [-0.05, 0) is 40.1 Å². The molecule has 0 aliphatic heterocycles. The van der Waals surface area contributed by atoms with E-state index in [0.29, 0.717) is 5.56 Å². The lowest BCUT2D eigenvalue weighted by molar-refractivity contribution is 0.0603. The van der Waals surface area contributed by atoms with Crippen LogP contribution in [0.5, 0.6) is 0 Å². The second-order valence-electron chi connectivity index (χ2n) is 4.39. The summed E-state index contributed by atoms with van der Waals surface area (Å²) >= 11 is 1.66. The van der Waals surface area contributed by atoms with Crippen molar-refractivity contribution in [2.45, 2.75) is 0 Å². The van der Waals surface area contributed by atoms with Gasteiger partial charge in [0.15, 0.2) is 0 Å². The van der Waals surface area contributed by atoms with Crippen LogP contribution in [0.3, 0.4) is 0 Å². The Morgan fingerprint density at radius 3 is 2.79 bits per heavy atom. The summed E-state index contributed by atoms with van der Waals surface area (Å²) in [5, 5.41) is 5.08. The van der Waals surface area contributed by atoms with Crippen LogP contribution in [0.2, 0.25) is 0 Å². The maximum atomic E-state index is 11.8. The highest BCUT2D eigenvalue weighted by Crippen LogP contribution is 2.29. The second-order valence-corrected chi connectivity index (χ2v) is 5.17. The molecule has 96 valence electrons. The fraction of sp³-hybridized carbons (Fsp3) is 0.133. The summed E-state index contributed by atoms with van der Waals surface area (Å²) < 4.78 is 6.78. The zero-order chi connectivity index (χ0) is 13.4. The smallest absolute Gasteiger partial charge is 0.340 e. The number of aromatic nitrogens is 1. The Hall–Kier alpha value is -2.07. The van der Waals surface area contributed by atoms with Crippen molar-refractivity contribution in [2.24, 2.45) is 7.05 Å². The largest absolute Gasteiger partial charge is 0.465 e. The normalized spacial score (nSPS) is 10.8. The fourth-order valence-corrected chi connectivity index (χ4v) is 2.94. The van der Waals surface area contributed by atoms with Crippen molar-refractivity contribution in [1.82, 2.24) is 4.57 Å². The Morgan fingerprint density at radius 2 is 2.11 bits per heavy atom. The first kappa shape index (κ1) is 12.0. The van der Waals surface area contributed by atoms with Crippen molar-refractivity contribution >= 4 is 28.2 Å². The summed E-state index contributed by atoms with van der Waals surface area (Å²) in [6.45, 7) is 0. The number of rotatable bonds is 2. The van der Waals surface area contributed by atoms with Crippen LogP contribution in [0.4, 0.5) is 0 Å². The third kappa shape index (κ3) is 1.94. The monoisotopic (exact) mass is 271 g/mol. The Balaban J connectivity index is 2.24. The lowest BCUT2D eigenvalue weighted by Gasteiger charge is -2.01. The molecule has 0 N–H and O–H groups in total. The molecule has 0 unspecified atom stereocenters. The number of aryl methyl sites for hydroxylation is 1. The molecule has 0 fully saturated rings. The van der Waals surface area contributed by atoms with Gasteiger partial charge in [-0.2, -0.15) is 11.3 Å². The highest BCUT2D eigenvalue weighted by molar-refractivity contribution is 7.08. The molecule has 0 aliphatic rings. The molecule has 2 aromatic heterocycles. The van der Waals surface area contributed by atoms with Crippen molar-refractivity contribution in [3.63, 3.8) is 0 Å². The molecular formula is C15H13NO2S. The number of carbonyl (C=O) groups excluding carboxylic acids is 1. The minimum Gasteiger partial charge on any atom is -0.465 e. The molecule has 0 spiro atoms. The van der Waals surface area contributed by atoms with Crippen molar-refractivity contribution in [2.75, 3.05) is 7.11 Å². The molecular weight excluding hydrogens is 258 g/mol. The van der Waals surface area contributed by atoms with E-state index in [-0.39, 0.29) is 5.97 Å². The van der Waals surface area contributed by atoms with Crippen LogP contribution < -0.4 is 0 Å². The summed E-state index contributed by atoms with van der Waals surface area (Å²) in [6.07, 6.45) is 1.81. The summed E-state index contributed by atoms with van der Waals surface area (Å²) in [7, 11) is 3.34. The van der Waals surface area contributed by atoms with Crippen LogP contribution in [-0.4, -0.2) is 17.6 Å². The number of hydrogen-bond donors (Lipinski definition) is 0. The zero-order valence-corrected chi connectivity index (χ0v) is 11.5. The molecule has 19 heavy (non-hydrogen) atoms. The summed E-state index contributed by atoms with van der Waals surface area (Å²) in [4.78, 5) is 11.8. The number of nitrogens with zero attached hydrogens (tertiary/aromatic N) is 1. The summed E-state index contributed by atoms with van der Waals surface area (Å²) in [5.41, 5.74) is 3.92. The van der Waals surface area contributed by atoms with Crippen molar-refractivity contribution < 1.29 is 9.53 Å². The van der Waals surface area contributed by atoms with Crippen LogP contribution in [0.25, 0.3) is 22.0 Å². The number of ether oxygens (including phenoxy) is 1. The van der Waals surface area contributed by atoms with E-state index in [1.165, 1.54) is 12.7 Å². The first-order valence-electron chi connectivity index (χ1n) is 5.90. The van der Waals surface area contributed by atoms with Gasteiger partial charge in [0.25, 0.3) is 0 Å². The number of carbonyl (C=O) groups is 1. The summed E-state index contributed by atoms with van der Waals surface area (Å²) in [5.74, 6) is -0.298. The van der Waals surface area contributed by atoms with E-state index in [0.717, 1.165) is 16.5 Å². The van der Waals surface area contributed by atoms with E-state index < -0.39 is 0 Å².